The van der Waals surface area contributed by atoms with Gasteiger partial charge in [0.15, 0.2) is 0 Å². The number of primary amides is 1. The lowest BCUT2D eigenvalue weighted by Crippen LogP contribution is -2.60. The Morgan fingerprint density at radius 1 is 0.693 bits per heavy atom. The maximum atomic E-state index is 14.9. The van der Waals surface area contributed by atoms with Gasteiger partial charge in [0, 0.05) is 71.6 Å². The number of aromatic nitrogens is 1. The van der Waals surface area contributed by atoms with Crippen molar-refractivity contribution in [1.82, 2.24) is 62.2 Å². The minimum atomic E-state index is -1.14. The summed E-state index contributed by atoms with van der Waals surface area (Å²) in [5, 5.41) is 29.2. The molecule has 0 aliphatic carbocycles. The molecule has 101 heavy (non-hydrogen) atoms. The van der Waals surface area contributed by atoms with Crippen LogP contribution in [0, 0.1) is 29.6 Å². The molecule has 4 unspecified atom stereocenters. The Morgan fingerprint density at radius 2 is 1.34 bits per heavy atom. The third-order valence-corrected chi connectivity index (χ3v) is 19.4. The first-order valence-corrected chi connectivity index (χ1v) is 36.6. The number of urea groups is 1. The van der Waals surface area contributed by atoms with E-state index in [4.69, 9.17) is 19.9 Å². The Hall–Kier alpha value is -7.79. The summed E-state index contributed by atoms with van der Waals surface area (Å²) >= 11 is 1.47. The lowest BCUT2D eigenvalue weighted by molar-refractivity contribution is -0.148. The highest BCUT2D eigenvalue weighted by Gasteiger charge is 2.44. The summed E-state index contributed by atoms with van der Waals surface area (Å²) in [6.45, 7) is 24.9. The molecule has 1 aliphatic rings. The number of ether oxygens (including phenoxy) is 3. The minimum Gasteiger partial charge on any atom is -0.445 e. The van der Waals surface area contributed by atoms with Gasteiger partial charge in [-0.25, -0.2) is 14.6 Å². The Labute approximate surface area is 602 Å². The van der Waals surface area contributed by atoms with Gasteiger partial charge in [-0.1, -0.05) is 111 Å². The van der Waals surface area contributed by atoms with Crippen molar-refractivity contribution in [3.63, 3.8) is 0 Å². The highest BCUT2D eigenvalue weighted by molar-refractivity contribution is 7.09. The molecule has 0 bridgehead atoms. The van der Waals surface area contributed by atoms with E-state index in [1.807, 2.05) is 77.3 Å². The van der Waals surface area contributed by atoms with Gasteiger partial charge in [-0.3, -0.25) is 48.6 Å². The zero-order valence-corrected chi connectivity index (χ0v) is 63.5. The molecule has 28 heteroatoms. The molecule has 1 fully saturated rings. The summed E-state index contributed by atoms with van der Waals surface area (Å²) < 4.78 is 18.0. The number of amides is 11. The molecule has 0 spiro atoms. The highest BCUT2D eigenvalue weighted by Crippen LogP contribution is 2.31. The van der Waals surface area contributed by atoms with Crippen molar-refractivity contribution in [1.29, 1.82) is 0 Å². The Balaban J connectivity index is 1.41. The highest BCUT2D eigenvalue weighted by atomic mass is 32.1. The number of likely N-dealkylation sites (N-methyl/N-ethyl adjacent to an activating group) is 2. The Bertz CT molecular complexity index is 3090. The van der Waals surface area contributed by atoms with Gasteiger partial charge in [-0.15, -0.1) is 11.3 Å². The van der Waals surface area contributed by atoms with Crippen LogP contribution in [0.3, 0.4) is 0 Å². The largest absolute Gasteiger partial charge is 0.445 e. The van der Waals surface area contributed by atoms with Gasteiger partial charge in [0.25, 0.3) is 0 Å². The second-order valence-electron chi connectivity index (χ2n) is 28.0. The molecule has 1 aliphatic heterocycles. The number of likely N-dealkylation sites (tertiary alicyclic amines) is 1. The fraction of sp³-hybridized carbons (Fsp3) is 0.658. The predicted octanol–water partition coefficient (Wildman–Crippen LogP) is 6.52. The molecule has 27 nitrogen and oxygen atoms in total. The van der Waals surface area contributed by atoms with Crippen molar-refractivity contribution in [3.8, 4) is 0 Å². The number of carbonyl (C=O) groups is 10. The van der Waals surface area contributed by atoms with Gasteiger partial charge in [0.2, 0.25) is 47.3 Å². The number of nitrogens with zero attached hydrogens (tertiary/aromatic N) is 4. The lowest BCUT2D eigenvalue weighted by Gasteiger charge is -2.41. The van der Waals surface area contributed by atoms with Crippen molar-refractivity contribution in [3.05, 3.63) is 82.3 Å². The molecule has 1 aromatic heterocycles. The molecule has 2 heterocycles. The fourth-order valence-corrected chi connectivity index (χ4v) is 13.6. The van der Waals surface area contributed by atoms with E-state index in [2.05, 4.69) is 66.7 Å². The number of methoxy groups -OCH3 is 2. The number of unbranched alkanes of at least 4 members (excludes halogenated alkanes) is 1. The molecule has 0 saturated carbocycles. The molecule has 11 amide bonds. The van der Waals surface area contributed by atoms with E-state index >= 15 is 0 Å². The van der Waals surface area contributed by atoms with Crippen LogP contribution in [0.5, 0.6) is 0 Å². The molecule has 0 radical (unpaired) electrons. The van der Waals surface area contributed by atoms with E-state index in [-0.39, 0.29) is 62.4 Å². The number of rotatable bonds is 43. The second kappa shape index (κ2) is 43.2. The number of hydrogen-bond donors (Lipinski definition) is 10. The summed E-state index contributed by atoms with van der Waals surface area (Å²) in [6.07, 6.45) is 3.97. The number of nitrogens with two attached hydrogens (primary N) is 1. The SMILES string of the molecule is CC[C@H](C)[C@@H]([C@@H](CC(=O)N1CCC[C@H]1C(OC)[C@@H](C)C(=O)N[C@@H](Cc1ccccc1)c1nccs1)OC)N(C)C(=O)[C@@H](NC(=O)[C@H](C(C)C)N(C)C(=O)OCc1ccc(NC(=O)C(CCCNC(N)=O)NC(=O)[C@@H](NC(=O)C(CCCCNC(C)NC(C)C)NC(C)=O)C(C)C)cc1)C(C)C. The predicted molar refractivity (Wildman–Crippen MR) is 390 cm³/mol. The van der Waals surface area contributed by atoms with Gasteiger partial charge in [0.1, 0.15) is 41.8 Å². The maximum absolute atomic E-state index is 14.9. The van der Waals surface area contributed by atoms with Crippen LogP contribution in [0.25, 0.3) is 0 Å². The fourth-order valence-electron chi connectivity index (χ4n) is 12.9. The van der Waals surface area contributed by atoms with Crippen LogP contribution in [-0.4, -0.2) is 194 Å². The van der Waals surface area contributed by atoms with Crippen LogP contribution in [0.15, 0.2) is 66.2 Å². The first kappa shape index (κ1) is 85.6. The van der Waals surface area contributed by atoms with Crippen LogP contribution >= 0.6 is 11.3 Å². The Kier molecular flexibility index (Phi) is 36.6. The van der Waals surface area contributed by atoms with E-state index in [0.717, 1.165) is 17.0 Å². The van der Waals surface area contributed by atoms with E-state index in [1.165, 1.54) is 37.3 Å². The number of nitrogens with one attached hydrogen (secondary N) is 9. The van der Waals surface area contributed by atoms with Crippen LogP contribution in [0.2, 0.25) is 0 Å². The molecule has 564 valence electrons. The normalized spacial score (nSPS) is 16.6. The van der Waals surface area contributed by atoms with Crippen LogP contribution in [0.1, 0.15) is 170 Å². The first-order chi connectivity index (χ1) is 47.8. The number of anilines is 1. The molecule has 4 rings (SSSR count). The molecule has 13 atom stereocenters. The third kappa shape index (κ3) is 27.5. The number of benzene rings is 2. The zero-order valence-electron chi connectivity index (χ0n) is 62.6. The molecule has 1 saturated heterocycles. The van der Waals surface area contributed by atoms with Gasteiger partial charge < -0.3 is 72.3 Å². The lowest BCUT2D eigenvalue weighted by atomic mass is 9.89. The monoisotopic (exact) mass is 1430 g/mol. The van der Waals surface area contributed by atoms with Crippen molar-refractivity contribution < 1.29 is 62.2 Å². The van der Waals surface area contributed by atoms with E-state index in [0.29, 0.717) is 68.9 Å². The number of thiazole rings is 1. The molecule has 11 N–H and O–H groups in total. The van der Waals surface area contributed by atoms with E-state index in [1.54, 1.807) is 82.1 Å². The van der Waals surface area contributed by atoms with Crippen molar-refractivity contribution in [2.45, 2.75) is 234 Å². The zero-order chi connectivity index (χ0) is 75.2. The Morgan fingerprint density at radius 3 is 1.91 bits per heavy atom. The average Bonchev–Trinajstić information content (AvgIpc) is 1.80. The van der Waals surface area contributed by atoms with E-state index < -0.39 is 126 Å². The summed E-state index contributed by atoms with van der Waals surface area (Å²) in [5.41, 5.74) is 7.20. The summed E-state index contributed by atoms with van der Waals surface area (Å²) in [5.74, 6) is -5.72. The third-order valence-electron chi connectivity index (χ3n) is 18.5. The number of hydrogen-bond acceptors (Lipinski definition) is 17. The maximum Gasteiger partial charge on any atom is 0.410 e. The first-order valence-electron chi connectivity index (χ1n) is 35.7. The molecular formula is C73H118N14O13S. The van der Waals surface area contributed by atoms with Crippen molar-refractivity contribution in [2.75, 3.05) is 53.3 Å². The van der Waals surface area contributed by atoms with Gasteiger partial charge in [-0.05, 0) is 126 Å². The standard InChI is InChI=1S/C73H118N14O13S/c1-18-47(10)63(58(98-16)41-59(89)87-38-25-30-57(87)64(99-17)48(11)65(90)82-56(70-76-37-39-101-70)40-51-26-20-19-21-27-51)85(14)71(95)61(44(4)5)84-69(94)62(45(6)7)86(15)73(97)100-42-52-31-33-53(34-32-52)80-66(91)55(29-24-36-77-72(74)96)81-68(93)60(43(2)3)83-67(92)54(79-50(13)88)28-22-23-35-75-49(12)78-46(8)9/h19-21,26-27,31-34,37,39,43-49,54-58,60-64,75,78H,18,22-25,28-30,35-36,38,40-42H2,1-17H3,(H,79,88)(H,80,91)(H,81,93)(H,82,90)(H,83,92)(H,84,94)(H3,74,77,96)/t47-,48+,49?,54?,55?,56-,57-,58+,60-,61-,62-,63-,64?/m0/s1. The van der Waals surface area contributed by atoms with Crippen LogP contribution in [0.4, 0.5) is 15.3 Å². The second-order valence-corrected chi connectivity index (χ2v) is 28.9. The average molecular weight is 1430 g/mol. The van der Waals surface area contributed by atoms with Gasteiger partial charge in [0.05, 0.1) is 48.8 Å². The van der Waals surface area contributed by atoms with Gasteiger partial charge >= 0.3 is 12.1 Å². The quantitative estimate of drug-likeness (QED) is 0.0213. The minimum absolute atomic E-state index is 0.0685. The smallest absolute Gasteiger partial charge is 0.410 e. The van der Waals surface area contributed by atoms with Crippen molar-refractivity contribution in [2.24, 2.45) is 35.3 Å². The van der Waals surface area contributed by atoms with Crippen LogP contribution < -0.4 is 53.6 Å². The molecule has 2 aromatic carbocycles. The summed E-state index contributed by atoms with van der Waals surface area (Å²) in [7, 11) is 6.17. The number of carbonyl (C=O) groups excluding carboxylic acids is 10. The van der Waals surface area contributed by atoms with E-state index in [9.17, 15) is 47.9 Å². The molecule has 3 aromatic rings. The summed E-state index contributed by atoms with van der Waals surface area (Å²) in [6, 6.07) is 9.15. The summed E-state index contributed by atoms with van der Waals surface area (Å²) in [4.78, 5) is 147. The van der Waals surface area contributed by atoms with Crippen molar-refractivity contribution >= 4 is 76.4 Å². The van der Waals surface area contributed by atoms with Crippen LogP contribution in [-0.2, 0) is 65.6 Å². The molecular weight excluding hydrogens is 1310 g/mol. The van der Waals surface area contributed by atoms with Gasteiger partial charge in [-0.2, -0.15) is 0 Å². The topological polar surface area (TPSA) is 355 Å².